The SMILES string of the molecule is COC(=O)c1c(C)[nH]c(C(=O)Nc2ccccc2-c2nc3ccccc3[nH]2)c1C. The number of methoxy groups -OCH3 is 1. The van der Waals surface area contributed by atoms with Gasteiger partial charge in [-0.05, 0) is 43.7 Å². The van der Waals surface area contributed by atoms with Crippen molar-refractivity contribution >= 4 is 28.6 Å². The largest absolute Gasteiger partial charge is 0.465 e. The van der Waals surface area contributed by atoms with E-state index in [0.29, 0.717) is 34.0 Å². The van der Waals surface area contributed by atoms with Gasteiger partial charge in [-0.1, -0.05) is 24.3 Å². The number of H-pyrrole nitrogens is 2. The van der Waals surface area contributed by atoms with E-state index in [1.807, 2.05) is 48.5 Å². The Kier molecular flexibility index (Phi) is 4.64. The molecule has 3 N–H and O–H groups in total. The fourth-order valence-corrected chi connectivity index (χ4v) is 3.45. The Morgan fingerprint density at radius 2 is 1.72 bits per heavy atom. The van der Waals surface area contributed by atoms with Gasteiger partial charge in [-0.2, -0.15) is 0 Å². The number of ether oxygens (including phenoxy) is 1. The number of carbonyl (C=O) groups is 2. The monoisotopic (exact) mass is 388 g/mol. The molecule has 0 unspecified atom stereocenters. The van der Waals surface area contributed by atoms with Crippen molar-refractivity contribution in [1.82, 2.24) is 15.0 Å². The van der Waals surface area contributed by atoms with Crippen LogP contribution in [-0.4, -0.2) is 33.9 Å². The average molecular weight is 388 g/mol. The highest BCUT2D eigenvalue weighted by Crippen LogP contribution is 2.28. The van der Waals surface area contributed by atoms with Gasteiger partial charge in [0.15, 0.2) is 0 Å². The van der Waals surface area contributed by atoms with Crippen molar-refractivity contribution < 1.29 is 14.3 Å². The summed E-state index contributed by atoms with van der Waals surface area (Å²) in [7, 11) is 1.32. The molecule has 29 heavy (non-hydrogen) atoms. The molecule has 0 saturated heterocycles. The van der Waals surface area contributed by atoms with E-state index in [2.05, 4.69) is 20.3 Å². The number of imidazole rings is 1. The molecule has 2 heterocycles. The number of nitrogens with zero attached hydrogens (tertiary/aromatic N) is 1. The number of amides is 1. The molecule has 4 rings (SSSR count). The molecule has 0 aliphatic carbocycles. The maximum Gasteiger partial charge on any atom is 0.339 e. The van der Waals surface area contributed by atoms with Crippen LogP contribution >= 0.6 is 0 Å². The van der Waals surface area contributed by atoms with Crippen LogP contribution in [0.5, 0.6) is 0 Å². The van der Waals surface area contributed by atoms with Crippen molar-refractivity contribution in [1.29, 1.82) is 0 Å². The Balaban J connectivity index is 1.69. The molecule has 2 aromatic heterocycles. The normalized spacial score (nSPS) is 10.9. The van der Waals surface area contributed by atoms with Crippen molar-refractivity contribution in [2.45, 2.75) is 13.8 Å². The number of hydrogen-bond donors (Lipinski definition) is 3. The number of para-hydroxylation sites is 3. The summed E-state index contributed by atoms with van der Waals surface area (Å²) < 4.78 is 4.81. The van der Waals surface area contributed by atoms with Gasteiger partial charge in [-0.3, -0.25) is 4.79 Å². The summed E-state index contributed by atoms with van der Waals surface area (Å²) in [4.78, 5) is 35.8. The molecular formula is C22H20N4O3. The fraction of sp³-hybridized carbons (Fsp3) is 0.136. The molecule has 4 aromatic rings. The van der Waals surface area contributed by atoms with Crippen molar-refractivity contribution in [3.8, 4) is 11.4 Å². The Hall–Kier alpha value is -3.87. The lowest BCUT2D eigenvalue weighted by Crippen LogP contribution is -2.15. The molecule has 146 valence electrons. The Morgan fingerprint density at radius 3 is 2.48 bits per heavy atom. The first-order chi connectivity index (χ1) is 14.0. The number of rotatable bonds is 4. The van der Waals surface area contributed by atoms with Gasteiger partial charge < -0.3 is 20.0 Å². The van der Waals surface area contributed by atoms with Crippen LogP contribution in [0.2, 0.25) is 0 Å². The van der Waals surface area contributed by atoms with Crippen molar-refractivity contribution in [3.05, 3.63) is 71.0 Å². The molecule has 0 saturated carbocycles. The third kappa shape index (κ3) is 3.27. The number of carbonyl (C=O) groups excluding carboxylic acids is 2. The Morgan fingerprint density at radius 1 is 1.00 bits per heavy atom. The van der Waals surface area contributed by atoms with Crippen LogP contribution in [0, 0.1) is 13.8 Å². The number of aromatic amines is 2. The molecule has 0 radical (unpaired) electrons. The van der Waals surface area contributed by atoms with Crippen LogP contribution in [0.25, 0.3) is 22.4 Å². The number of hydrogen-bond acceptors (Lipinski definition) is 4. The van der Waals surface area contributed by atoms with E-state index in [-0.39, 0.29) is 5.91 Å². The van der Waals surface area contributed by atoms with Crippen LogP contribution in [-0.2, 0) is 4.74 Å². The minimum absolute atomic E-state index is 0.322. The number of esters is 1. The Bertz CT molecular complexity index is 1200. The zero-order valence-corrected chi connectivity index (χ0v) is 16.3. The fourth-order valence-electron chi connectivity index (χ4n) is 3.45. The number of nitrogens with one attached hydrogen (secondary N) is 3. The standard InChI is InChI=1S/C22H20N4O3/c1-12-18(22(28)29-3)13(2)23-19(12)21(27)26-15-9-5-4-8-14(15)20-24-16-10-6-7-11-17(16)25-20/h4-11,23H,1-3H3,(H,24,25)(H,26,27). The first-order valence-corrected chi connectivity index (χ1v) is 9.12. The van der Waals surface area contributed by atoms with E-state index in [1.165, 1.54) is 7.11 Å². The van der Waals surface area contributed by atoms with Crippen molar-refractivity contribution in [2.24, 2.45) is 0 Å². The average Bonchev–Trinajstić information content (AvgIpc) is 3.28. The maximum absolute atomic E-state index is 12.9. The summed E-state index contributed by atoms with van der Waals surface area (Å²) in [6.07, 6.45) is 0. The quantitative estimate of drug-likeness (QED) is 0.456. The van der Waals surface area contributed by atoms with Gasteiger partial charge in [-0.15, -0.1) is 0 Å². The third-order valence-corrected chi connectivity index (χ3v) is 4.87. The summed E-state index contributed by atoms with van der Waals surface area (Å²) in [6.45, 7) is 3.45. The molecule has 0 atom stereocenters. The summed E-state index contributed by atoms with van der Waals surface area (Å²) in [6, 6.07) is 15.2. The van der Waals surface area contributed by atoms with E-state index in [0.717, 1.165) is 16.6 Å². The van der Waals surface area contributed by atoms with E-state index in [1.54, 1.807) is 13.8 Å². The van der Waals surface area contributed by atoms with Gasteiger partial charge in [0.2, 0.25) is 0 Å². The van der Waals surface area contributed by atoms with Crippen LogP contribution in [0.15, 0.2) is 48.5 Å². The van der Waals surface area contributed by atoms with E-state index in [9.17, 15) is 9.59 Å². The van der Waals surface area contributed by atoms with Gasteiger partial charge >= 0.3 is 5.97 Å². The van der Waals surface area contributed by atoms with Gasteiger partial charge in [0.05, 0.1) is 29.4 Å². The minimum Gasteiger partial charge on any atom is -0.465 e. The number of aryl methyl sites for hydroxylation is 1. The van der Waals surface area contributed by atoms with Crippen LogP contribution in [0.3, 0.4) is 0 Å². The smallest absolute Gasteiger partial charge is 0.339 e. The topological polar surface area (TPSA) is 99.9 Å². The van der Waals surface area contributed by atoms with E-state index in [4.69, 9.17) is 4.74 Å². The molecular weight excluding hydrogens is 368 g/mol. The second-order valence-corrected chi connectivity index (χ2v) is 6.72. The number of benzene rings is 2. The molecule has 0 bridgehead atoms. The molecule has 2 aromatic carbocycles. The molecule has 0 spiro atoms. The lowest BCUT2D eigenvalue weighted by Gasteiger charge is -2.09. The highest BCUT2D eigenvalue weighted by atomic mass is 16.5. The predicted octanol–water partition coefficient (Wildman–Crippen LogP) is 4.21. The zero-order chi connectivity index (χ0) is 20.5. The molecule has 1 amide bonds. The number of fused-ring (bicyclic) bond motifs is 1. The Labute approximate surface area is 167 Å². The molecule has 7 heteroatoms. The second kappa shape index (κ2) is 7.27. The maximum atomic E-state index is 12.9. The third-order valence-electron chi connectivity index (χ3n) is 4.87. The predicted molar refractivity (Wildman–Crippen MR) is 111 cm³/mol. The minimum atomic E-state index is -0.474. The summed E-state index contributed by atoms with van der Waals surface area (Å²) in [5.74, 6) is -0.154. The highest BCUT2D eigenvalue weighted by molar-refractivity contribution is 6.08. The zero-order valence-electron chi connectivity index (χ0n) is 16.3. The number of aromatic nitrogens is 3. The molecule has 0 aliphatic rings. The van der Waals surface area contributed by atoms with Crippen molar-refractivity contribution in [3.63, 3.8) is 0 Å². The van der Waals surface area contributed by atoms with E-state index >= 15 is 0 Å². The molecule has 0 fully saturated rings. The van der Waals surface area contributed by atoms with Crippen LogP contribution < -0.4 is 5.32 Å². The van der Waals surface area contributed by atoms with Gasteiger partial charge in [-0.25, -0.2) is 9.78 Å². The van der Waals surface area contributed by atoms with Crippen LogP contribution in [0.1, 0.15) is 32.1 Å². The second-order valence-electron chi connectivity index (χ2n) is 6.72. The van der Waals surface area contributed by atoms with Gasteiger partial charge in [0.25, 0.3) is 5.91 Å². The molecule has 0 aliphatic heterocycles. The number of anilines is 1. The summed E-state index contributed by atoms with van der Waals surface area (Å²) in [5, 5.41) is 2.93. The summed E-state index contributed by atoms with van der Waals surface area (Å²) >= 11 is 0. The first kappa shape index (κ1) is 18.5. The molecule has 7 nitrogen and oxygen atoms in total. The van der Waals surface area contributed by atoms with Crippen molar-refractivity contribution in [2.75, 3.05) is 12.4 Å². The van der Waals surface area contributed by atoms with Gasteiger partial charge in [0, 0.05) is 11.3 Å². The van der Waals surface area contributed by atoms with Gasteiger partial charge in [0.1, 0.15) is 11.5 Å². The lowest BCUT2D eigenvalue weighted by molar-refractivity contribution is 0.0599. The van der Waals surface area contributed by atoms with Crippen LogP contribution in [0.4, 0.5) is 5.69 Å². The lowest BCUT2D eigenvalue weighted by atomic mass is 10.1. The first-order valence-electron chi connectivity index (χ1n) is 9.12. The highest BCUT2D eigenvalue weighted by Gasteiger charge is 2.23. The summed E-state index contributed by atoms with van der Waals surface area (Å²) in [5.41, 5.74) is 4.99. The van der Waals surface area contributed by atoms with E-state index < -0.39 is 5.97 Å².